The zero-order valence-corrected chi connectivity index (χ0v) is 18.1. The van der Waals surface area contributed by atoms with Gasteiger partial charge in [0.2, 0.25) is 0 Å². The molecule has 3 aromatic rings. The highest BCUT2D eigenvalue weighted by atomic mass is 16.5. The normalized spacial score (nSPS) is 21.6. The third-order valence-electron chi connectivity index (χ3n) is 6.96. The van der Waals surface area contributed by atoms with E-state index in [0.717, 1.165) is 59.5 Å². The molecule has 1 spiro atoms. The number of aliphatic hydroxyl groups excluding tert-OH is 2. The fourth-order valence-corrected chi connectivity index (χ4v) is 5.17. The van der Waals surface area contributed by atoms with E-state index < -0.39 is 12.2 Å². The maximum atomic E-state index is 11.0. The van der Waals surface area contributed by atoms with Gasteiger partial charge in [-0.2, -0.15) is 0 Å². The largest absolute Gasteiger partial charge is 0.497 e. The molecule has 1 aromatic heterocycles. The van der Waals surface area contributed by atoms with E-state index in [1.165, 1.54) is 0 Å². The number of ether oxygens (including phenoxy) is 2. The van der Waals surface area contributed by atoms with Gasteiger partial charge in [0.05, 0.1) is 19.3 Å². The molecule has 0 aliphatic carbocycles. The van der Waals surface area contributed by atoms with Crippen LogP contribution in [0.5, 0.6) is 11.5 Å². The van der Waals surface area contributed by atoms with Gasteiger partial charge in [0, 0.05) is 67.4 Å². The van der Waals surface area contributed by atoms with Gasteiger partial charge in [0.25, 0.3) is 0 Å². The molecule has 2 aliphatic rings. The van der Waals surface area contributed by atoms with Crippen LogP contribution in [-0.2, 0) is 7.05 Å². The molecular formula is C25H30N2O4. The molecule has 2 aromatic carbocycles. The number of nitrogens with zero attached hydrogens (tertiary/aromatic N) is 2. The molecule has 31 heavy (non-hydrogen) atoms. The predicted octanol–water partition coefficient (Wildman–Crippen LogP) is 3.57. The Hall–Kier alpha value is -2.54. The lowest BCUT2D eigenvalue weighted by Crippen LogP contribution is -2.51. The highest BCUT2D eigenvalue weighted by Gasteiger charge is 2.43. The quantitative estimate of drug-likeness (QED) is 0.673. The first kappa shape index (κ1) is 20.4. The van der Waals surface area contributed by atoms with Gasteiger partial charge >= 0.3 is 0 Å². The van der Waals surface area contributed by atoms with E-state index in [1.807, 2.05) is 43.6 Å². The number of piperidine rings is 1. The third kappa shape index (κ3) is 3.69. The molecule has 6 heteroatoms. The lowest BCUT2D eigenvalue weighted by Gasteiger charge is -2.46. The number of para-hydroxylation sites is 1. The summed E-state index contributed by atoms with van der Waals surface area (Å²) >= 11 is 0. The lowest BCUT2D eigenvalue weighted by atomic mass is 9.81. The fourth-order valence-electron chi connectivity index (χ4n) is 5.17. The molecule has 164 valence electrons. The molecule has 2 atom stereocenters. The number of aliphatic hydroxyl groups is 2. The summed E-state index contributed by atoms with van der Waals surface area (Å²) in [5.74, 6) is 1.46. The molecule has 0 bridgehead atoms. The smallest absolute Gasteiger partial charge is 0.129 e. The van der Waals surface area contributed by atoms with Crippen LogP contribution in [0.25, 0.3) is 10.9 Å². The second-order valence-electron chi connectivity index (χ2n) is 8.94. The highest BCUT2D eigenvalue weighted by molar-refractivity contribution is 5.84. The zero-order chi connectivity index (χ0) is 21.6. The lowest BCUT2D eigenvalue weighted by molar-refractivity contribution is -0.0588. The zero-order valence-electron chi connectivity index (χ0n) is 18.1. The molecule has 2 aliphatic heterocycles. The predicted molar refractivity (Wildman–Crippen MR) is 119 cm³/mol. The molecule has 2 N–H and O–H groups in total. The SMILES string of the molecule is COc1ccc2c(c1)OC1(CCN(C[C@@H](O)c3cn(C)c4ccccc34)CC1)C[C@H]2O. The number of likely N-dealkylation sites (tertiary alicyclic amines) is 1. The average molecular weight is 423 g/mol. The summed E-state index contributed by atoms with van der Waals surface area (Å²) in [5.41, 5.74) is 2.58. The van der Waals surface area contributed by atoms with Crippen LogP contribution < -0.4 is 9.47 Å². The van der Waals surface area contributed by atoms with Crippen LogP contribution in [0.2, 0.25) is 0 Å². The van der Waals surface area contributed by atoms with Gasteiger partial charge in [0.1, 0.15) is 17.1 Å². The van der Waals surface area contributed by atoms with Crippen molar-refractivity contribution in [3.63, 3.8) is 0 Å². The van der Waals surface area contributed by atoms with Crippen molar-refractivity contribution in [3.8, 4) is 11.5 Å². The van der Waals surface area contributed by atoms with Crippen molar-refractivity contribution in [3.05, 3.63) is 59.8 Å². The summed E-state index contributed by atoms with van der Waals surface area (Å²) in [6, 6.07) is 13.8. The summed E-state index contributed by atoms with van der Waals surface area (Å²) in [4.78, 5) is 2.30. The molecular weight excluding hydrogens is 392 g/mol. The van der Waals surface area contributed by atoms with Crippen LogP contribution in [0.3, 0.4) is 0 Å². The highest BCUT2D eigenvalue weighted by Crippen LogP contribution is 2.45. The number of β-amino-alcohol motifs (C(OH)–C–C–N with tert-alkyl or cyclic N) is 1. The molecule has 0 radical (unpaired) electrons. The number of rotatable bonds is 4. The average Bonchev–Trinajstić information content (AvgIpc) is 3.12. The van der Waals surface area contributed by atoms with Crippen LogP contribution in [-0.4, -0.2) is 52.0 Å². The minimum Gasteiger partial charge on any atom is -0.497 e. The first-order chi connectivity index (χ1) is 15.0. The Morgan fingerprint density at radius 2 is 1.97 bits per heavy atom. The van der Waals surface area contributed by atoms with E-state index in [9.17, 15) is 10.2 Å². The van der Waals surface area contributed by atoms with E-state index >= 15 is 0 Å². The Kier molecular flexibility index (Phi) is 5.16. The third-order valence-corrected chi connectivity index (χ3v) is 6.96. The summed E-state index contributed by atoms with van der Waals surface area (Å²) in [5, 5.41) is 22.8. The van der Waals surface area contributed by atoms with Gasteiger partial charge < -0.3 is 29.2 Å². The minimum atomic E-state index is -0.539. The van der Waals surface area contributed by atoms with E-state index in [1.54, 1.807) is 7.11 Å². The minimum absolute atomic E-state index is 0.361. The van der Waals surface area contributed by atoms with Gasteiger partial charge in [-0.1, -0.05) is 18.2 Å². The first-order valence-electron chi connectivity index (χ1n) is 11.0. The van der Waals surface area contributed by atoms with Crippen molar-refractivity contribution < 1.29 is 19.7 Å². The molecule has 6 nitrogen and oxygen atoms in total. The molecule has 0 amide bonds. The van der Waals surface area contributed by atoms with Crippen LogP contribution in [0.1, 0.15) is 42.6 Å². The standard InChI is InChI=1S/C25H30N2O4/c1-26-15-20(18-5-3-4-6-21(18)26)23(29)16-27-11-9-25(10-12-27)14-22(28)19-8-7-17(30-2)13-24(19)31-25/h3-8,13,15,22-23,28-29H,9-12,14,16H2,1-2H3/t22-,23-/m1/s1. The maximum Gasteiger partial charge on any atom is 0.129 e. The van der Waals surface area contributed by atoms with Gasteiger partial charge in [-0.3, -0.25) is 0 Å². The van der Waals surface area contributed by atoms with Crippen LogP contribution in [0.15, 0.2) is 48.7 Å². The Balaban J connectivity index is 1.27. The number of aromatic nitrogens is 1. The number of aryl methyl sites for hydroxylation is 1. The van der Waals surface area contributed by atoms with E-state index in [0.29, 0.717) is 13.0 Å². The Morgan fingerprint density at radius 3 is 2.74 bits per heavy atom. The van der Waals surface area contributed by atoms with Crippen molar-refractivity contribution in [2.75, 3.05) is 26.7 Å². The fraction of sp³-hybridized carbons (Fsp3) is 0.440. The summed E-state index contributed by atoms with van der Waals surface area (Å²) in [6.45, 7) is 2.25. The molecule has 1 fully saturated rings. The first-order valence-corrected chi connectivity index (χ1v) is 11.0. The van der Waals surface area contributed by atoms with Gasteiger partial charge in [-0.05, 0) is 31.0 Å². The van der Waals surface area contributed by atoms with Crippen molar-refractivity contribution in [2.45, 2.75) is 37.1 Å². The van der Waals surface area contributed by atoms with Crippen molar-refractivity contribution in [2.24, 2.45) is 7.05 Å². The van der Waals surface area contributed by atoms with Crippen molar-refractivity contribution in [1.29, 1.82) is 0 Å². The summed E-state index contributed by atoms with van der Waals surface area (Å²) in [6.07, 6.45) is 3.22. The van der Waals surface area contributed by atoms with Crippen LogP contribution >= 0.6 is 0 Å². The molecule has 0 saturated carbocycles. The van der Waals surface area contributed by atoms with Gasteiger partial charge in [0.15, 0.2) is 0 Å². The Labute approximate surface area is 182 Å². The van der Waals surface area contributed by atoms with Gasteiger partial charge in [-0.15, -0.1) is 0 Å². The van der Waals surface area contributed by atoms with Crippen LogP contribution in [0, 0.1) is 0 Å². The number of fused-ring (bicyclic) bond motifs is 2. The van der Waals surface area contributed by atoms with Crippen molar-refractivity contribution in [1.82, 2.24) is 9.47 Å². The maximum absolute atomic E-state index is 11.0. The monoisotopic (exact) mass is 422 g/mol. The number of benzene rings is 2. The Morgan fingerprint density at radius 1 is 1.19 bits per heavy atom. The number of methoxy groups -OCH3 is 1. The van der Waals surface area contributed by atoms with E-state index in [4.69, 9.17) is 9.47 Å². The second kappa shape index (κ2) is 7.86. The summed E-state index contributed by atoms with van der Waals surface area (Å²) in [7, 11) is 3.65. The van der Waals surface area contributed by atoms with Crippen LogP contribution in [0.4, 0.5) is 0 Å². The molecule has 5 rings (SSSR count). The number of hydrogen-bond acceptors (Lipinski definition) is 5. The van der Waals surface area contributed by atoms with E-state index in [2.05, 4.69) is 21.6 Å². The Bertz CT molecular complexity index is 1080. The topological polar surface area (TPSA) is 67.1 Å². The molecule has 1 saturated heterocycles. The summed E-state index contributed by atoms with van der Waals surface area (Å²) < 4.78 is 13.8. The molecule has 3 heterocycles. The molecule has 0 unspecified atom stereocenters. The van der Waals surface area contributed by atoms with Crippen molar-refractivity contribution >= 4 is 10.9 Å². The second-order valence-corrected chi connectivity index (χ2v) is 8.94. The number of hydrogen-bond donors (Lipinski definition) is 2. The van der Waals surface area contributed by atoms with Gasteiger partial charge in [-0.25, -0.2) is 0 Å². The van der Waals surface area contributed by atoms with E-state index in [-0.39, 0.29) is 5.60 Å².